The number of hydrogen-bond donors (Lipinski definition) is 1. The number of anilines is 1. The first kappa shape index (κ1) is 20.4. The van der Waals surface area contributed by atoms with Crippen molar-refractivity contribution < 1.29 is 14.3 Å². The van der Waals surface area contributed by atoms with Crippen molar-refractivity contribution in [1.29, 1.82) is 0 Å². The molecule has 0 fully saturated rings. The van der Waals surface area contributed by atoms with E-state index < -0.39 is 6.04 Å². The van der Waals surface area contributed by atoms with Gasteiger partial charge in [0.1, 0.15) is 0 Å². The Kier molecular flexibility index (Phi) is 7.14. The highest BCUT2D eigenvalue weighted by atomic mass is 35.5. The van der Waals surface area contributed by atoms with Crippen LogP contribution in [-0.4, -0.2) is 38.1 Å². The third-order valence-electron chi connectivity index (χ3n) is 4.13. The summed E-state index contributed by atoms with van der Waals surface area (Å²) in [5.74, 6) is 1.15. The van der Waals surface area contributed by atoms with Crippen molar-refractivity contribution in [2.24, 2.45) is 0 Å². The summed E-state index contributed by atoms with van der Waals surface area (Å²) in [6, 6.07) is 10.2. The Morgan fingerprint density at radius 3 is 2.54 bits per heavy atom. The number of benzene rings is 2. The highest BCUT2D eigenvalue weighted by Crippen LogP contribution is 2.31. The van der Waals surface area contributed by atoms with Crippen LogP contribution in [-0.2, 0) is 11.3 Å². The number of rotatable bonds is 7. The van der Waals surface area contributed by atoms with Gasteiger partial charge < -0.3 is 14.8 Å². The molecule has 140 valence electrons. The van der Waals surface area contributed by atoms with Gasteiger partial charge in [0.25, 0.3) is 0 Å². The smallest absolute Gasteiger partial charge is 0.241 e. The van der Waals surface area contributed by atoms with Crippen molar-refractivity contribution in [2.45, 2.75) is 19.5 Å². The molecule has 2 aromatic rings. The number of para-hydroxylation sites is 1. The molecule has 0 aliphatic heterocycles. The van der Waals surface area contributed by atoms with Crippen molar-refractivity contribution in [3.05, 3.63) is 52.0 Å². The van der Waals surface area contributed by atoms with Gasteiger partial charge in [-0.3, -0.25) is 9.69 Å². The lowest BCUT2D eigenvalue weighted by Gasteiger charge is -2.25. The number of ether oxygens (including phenoxy) is 2. The Bertz CT molecular complexity index is 783. The lowest BCUT2D eigenvalue weighted by Crippen LogP contribution is -2.39. The van der Waals surface area contributed by atoms with Crippen LogP contribution >= 0.6 is 23.2 Å². The maximum atomic E-state index is 12.6. The van der Waals surface area contributed by atoms with Gasteiger partial charge in [-0.1, -0.05) is 35.3 Å². The van der Waals surface area contributed by atoms with Crippen LogP contribution in [0.1, 0.15) is 12.5 Å². The molecule has 0 radical (unpaired) electrons. The molecule has 0 heterocycles. The maximum Gasteiger partial charge on any atom is 0.241 e. The van der Waals surface area contributed by atoms with Crippen molar-refractivity contribution in [3.8, 4) is 11.5 Å². The van der Waals surface area contributed by atoms with Gasteiger partial charge in [-0.05, 0) is 38.2 Å². The number of halogens is 2. The van der Waals surface area contributed by atoms with E-state index in [1.807, 2.05) is 37.1 Å². The predicted molar refractivity (Wildman–Crippen MR) is 106 cm³/mol. The second kappa shape index (κ2) is 9.12. The standard InChI is InChI=1S/C19H22Cl2N2O3/c1-12(19(24)22-16-9-8-14(20)10-15(16)21)23(2)11-13-6-5-7-17(25-3)18(13)26-4/h5-10,12H,11H2,1-4H3,(H,22,24)/t12-/m0/s1. The van der Waals surface area contributed by atoms with Gasteiger partial charge in [0.05, 0.1) is 31.0 Å². The van der Waals surface area contributed by atoms with E-state index in [9.17, 15) is 4.79 Å². The number of carbonyl (C=O) groups excluding carboxylic acids is 1. The average molecular weight is 397 g/mol. The Morgan fingerprint density at radius 2 is 1.92 bits per heavy atom. The first-order valence-corrected chi connectivity index (χ1v) is 8.79. The molecule has 0 saturated carbocycles. The van der Waals surface area contributed by atoms with E-state index >= 15 is 0 Å². The number of carbonyl (C=O) groups is 1. The monoisotopic (exact) mass is 396 g/mol. The molecule has 2 rings (SSSR count). The first-order valence-electron chi connectivity index (χ1n) is 8.03. The third-order valence-corrected chi connectivity index (χ3v) is 4.68. The maximum absolute atomic E-state index is 12.6. The molecule has 26 heavy (non-hydrogen) atoms. The Hall–Kier alpha value is -1.95. The number of amides is 1. The van der Waals surface area contributed by atoms with Gasteiger partial charge in [-0.25, -0.2) is 0 Å². The van der Waals surface area contributed by atoms with Gasteiger partial charge in [0.2, 0.25) is 5.91 Å². The molecular formula is C19H22Cl2N2O3. The minimum Gasteiger partial charge on any atom is -0.493 e. The minimum absolute atomic E-state index is 0.168. The molecule has 1 N–H and O–H groups in total. The molecule has 0 aliphatic rings. The summed E-state index contributed by atoms with van der Waals surface area (Å²) in [5.41, 5.74) is 1.46. The van der Waals surface area contributed by atoms with Gasteiger partial charge >= 0.3 is 0 Å². The fourth-order valence-electron chi connectivity index (χ4n) is 2.51. The molecule has 1 amide bonds. The summed E-state index contributed by atoms with van der Waals surface area (Å²) in [6.07, 6.45) is 0. The van der Waals surface area contributed by atoms with E-state index in [2.05, 4.69) is 5.32 Å². The molecule has 7 heteroatoms. The SMILES string of the molecule is COc1cccc(CN(C)[C@@H](C)C(=O)Nc2ccc(Cl)cc2Cl)c1OC. The number of likely N-dealkylation sites (N-methyl/N-ethyl adjacent to an activating group) is 1. The van der Waals surface area contributed by atoms with E-state index in [1.54, 1.807) is 32.4 Å². The fraction of sp³-hybridized carbons (Fsp3) is 0.316. The highest BCUT2D eigenvalue weighted by Gasteiger charge is 2.21. The highest BCUT2D eigenvalue weighted by molar-refractivity contribution is 6.36. The van der Waals surface area contributed by atoms with E-state index in [0.29, 0.717) is 33.8 Å². The largest absolute Gasteiger partial charge is 0.493 e. The van der Waals surface area contributed by atoms with Gasteiger partial charge in [0, 0.05) is 17.1 Å². The summed E-state index contributed by atoms with van der Waals surface area (Å²) in [7, 11) is 5.06. The number of hydrogen-bond acceptors (Lipinski definition) is 4. The van der Waals surface area contributed by atoms with Crippen LogP contribution in [0.15, 0.2) is 36.4 Å². The Balaban J connectivity index is 2.09. The fourth-order valence-corrected chi connectivity index (χ4v) is 2.97. The number of nitrogens with zero attached hydrogens (tertiary/aromatic N) is 1. The molecule has 0 unspecified atom stereocenters. The Morgan fingerprint density at radius 1 is 1.19 bits per heavy atom. The second-order valence-corrected chi connectivity index (χ2v) is 6.70. The zero-order valence-corrected chi connectivity index (χ0v) is 16.7. The summed E-state index contributed by atoms with van der Waals surface area (Å²) in [5, 5.41) is 3.74. The van der Waals surface area contributed by atoms with Gasteiger partial charge in [-0.2, -0.15) is 0 Å². The number of nitrogens with one attached hydrogen (secondary N) is 1. The zero-order chi connectivity index (χ0) is 19.3. The van der Waals surface area contributed by atoms with E-state index in [0.717, 1.165) is 5.56 Å². The third kappa shape index (κ3) is 4.81. The van der Waals surface area contributed by atoms with Crippen LogP contribution in [0.5, 0.6) is 11.5 Å². The Labute approximate surface area is 163 Å². The molecule has 2 aromatic carbocycles. The normalized spacial score (nSPS) is 12.0. The minimum atomic E-state index is -0.391. The van der Waals surface area contributed by atoms with Crippen LogP contribution < -0.4 is 14.8 Å². The van der Waals surface area contributed by atoms with E-state index in [4.69, 9.17) is 32.7 Å². The number of methoxy groups -OCH3 is 2. The summed E-state index contributed by atoms with van der Waals surface area (Å²) in [6.45, 7) is 2.34. The van der Waals surface area contributed by atoms with Crippen LogP contribution in [0.25, 0.3) is 0 Å². The topological polar surface area (TPSA) is 50.8 Å². The van der Waals surface area contributed by atoms with Crippen LogP contribution in [0.4, 0.5) is 5.69 Å². The van der Waals surface area contributed by atoms with E-state index in [-0.39, 0.29) is 5.91 Å². The van der Waals surface area contributed by atoms with Gasteiger partial charge in [-0.15, -0.1) is 0 Å². The average Bonchev–Trinajstić information content (AvgIpc) is 2.62. The lowest BCUT2D eigenvalue weighted by atomic mass is 10.1. The first-order chi connectivity index (χ1) is 12.4. The predicted octanol–water partition coefficient (Wildman–Crippen LogP) is 4.47. The van der Waals surface area contributed by atoms with Crippen LogP contribution in [0.2, 0.25) is 10.0 Å². The second-order valence-electron chi connectivity index (χ2n) is 5.86. The van der Waals surface area contributed by atoms with Crippen molar-refractivity contribution in [3.63, 3.8) is 0 Å². The molecule has 0 aliphatic carbocycles. The lowest BCUT2D eigenvalue weighted by molar-refractivity contribution is -0.120. The molecule has 0 spiro atoms. The van der Waals surface area contributed by atoms with Crippen LogP contribution in [0.3, 0.4) is 0 Å². The zero-order valence-electron chi connectivity index (χ0n) is 15.2. The van der Waals surface area contributed by atoms with Crippen molar-refractivity contribution >= 4 is 34.8 Å². The molecule has 5 nitrogen and oxygen atoms in total. The summed E-state index contributed by atoms with van der Waals surface area (Å²) in [4.78, 5) is 14.5. The van der Waals surface area contributed by atoms with Crippen molar-refractivity contribution in [1.82, 2.24) is 4.90 Å². The molecule has 0 bridgehead atoms. The summed E-state index contributed by atoms with van der Waals surface area (Å²) >= 11 is 12.0. The van der Waals surface area contributed by atoms with Crippen molar-refractivity contribution in [2.75, 3.05) is 26.6 Å². The molecular weight excluding hydrogens is 375 g/mol. The van der Waals surface area contributed by atoms with Crippen LogP contribution in [0, 0.1) is 0 Å². The molecule has 1 atom stereocenters. The van der Waals surface area contributed by atoms with E-state index in [1.165, 1.54) is 0 Å². The molecule has 0 aromatic heterocycles. The summed E-state index contributed by atoms with van der Waals surface area (Å²) < 4.78 is 10.8. The molecule has 0 saturated heterocycles. The quantitative estimate of drug-likeness (QED) is 0.749. The van der Waals surface area contributed by atoms with Gasteiger partial charge in [0.15, 0.2) is 11.5 Å².